The van der Waals surface area contributed by atoms with Crippen LogP contribution in [-0.4, -0.2) is 25.3 Å². The predicted octanol–water partition coefficient (Wildman–Crippen LogP) is 2.40. The van der Waals surface area contributed by atoms with E-state index in [2.05, 4.69) is 20.1 Å². The van der Waals surface area contributed by atoms with Crippen LogP contribution in [-0.2, 0) is 4.74 Å². The minimum Gasteiger partial charge on any atom is -0.370 e. The van der Waals surface area contributed by atoms with Crippen LogP contribution in [0.15, 0.2) is 10.2 Å². The molecule has 0 spiro atoms. The molecule has 0 N–H and O–H groups in total. The fourth-order valence-corrected chi connectivity index (χ4v) is 2.31. The van der Waals surface area contributed by atoms with Crippen LogP contribution in [0, 0.1) is 11.8 Å². The summed E-state index contributed by atoms with van der Waals surface area (Å²) in [7, 11) is 0. The number of ether oxygens (including phenoxy) is 1. The molecule has 7 heteroatoms. The van der Waals surface area contributed by atoms with Crippen molar-refractivity contribution in [3.63, 3.8) is 0 Å². The number of nitrogens with zero attached hydrogens (tertiary/aromatic N) is 6. The van der Waals surface area contributed by atoms with Crippen LogP contribution in [0.1, 0.15) is 12.8 Å². The third kappa shape index (κ3) is 2.33. The second-order valence-corrected chi connectivity index (χ2v) is 4.03. The van der Waals surface area contributed by atoms with Crippen LogP contribution < -0.4 is 0 Å². The average molecular weight is 208 g/mol. The van der Waals surface area contributed by atoms with Gasteiger partial charge in [-0.3, -0.25) is 0 Å². The van der Waals surface area contributed by atoms with Gasteiger partial charge in [-0.25, -0.2) is 0 Å². The van der Waals surface area contributed by atoms with Crippen molar-refractivity contribution in [2.75, 3.05) is 13.1 Å². The molecule has 0 aromatic carbocycles. The molecule has 1 saturated heterocycles. The predicted molar refractivity (Wildman–Crippen MR) is 52.9 cm³/mol. The maximum Gasteiger partial charge on any atom is 0.0844 e. The number of hydrogen-bond donors (Lipinski definition) is 0. The summed E-state index contributed by atoms with van der Waals surface area (Å²) in [5, 5.41) is 7.19. The Balaban J connectivity index is 1.95. The molecule has 0 aromatic heterocycles. The van der Waals surface area contributed by atoms with Gasteiger partial charge < -0.3 is 4.74 Å². The van der Waals surface area contributed by atoms with Gasteiger partial charge in [0.2, 0.25) is 0 Å². The van der Waals surface area contributed by atoms with Gasteiger partial charge in [0.1, 0.15) is 0 Å². The molecule has 2 fully saturated rings. The fourth-order valence-electron chi connectivity index (χ4n) is 2.31. The van der Waals surface area contributed by atoms with E-state index in [9.17, 15) is 0 Å². The van der Waals surface area contributed by atoms with Crippen LogP contribution in [0.2, 0.25) is 0 Å². The van der Waals surface area contributed by atoms with Crippen molar-refractivity contribution >= 4 is 0 Å². The molecule has 2 aliphatic rings. The van der Waals surface area contributed by atoms with Crippen LogP contribution >= 0.6 is 0 Å². The van der Waals surface area contributed by atoms with E-state index in [1.54, 1.807) is 0 Å². The van der Waals surface area contributed by atoms with E-state index < -0.39 is 0 Å². The van der Waals surface area contributed by atoms with Crippen molar-refractivity contribution in [2.45, 2.75) is 25.0 Å². The monoisotopic (exact) mass is 208 g/mol. The third-order valence-electron chi connectivity index (χ3n) is 3.18. The standard InChI is InChI=1S/C8H12N6O/c9-13-11-3-5-1-7-8(15-7)2-6(5)4-12-14-10/h5-8H,1-4H2/t5-,6-,7?,8?/m0/s1. The average Bonchev–Trinajstić information content (AvgIpc) is 3.00. The number of fused-ring (bicyclic) bond motifs is 1. The third-order valence-corrected chi connectivity index (χ3v) is 3.18. The van der Waals surface area contributed by atoms with Gasteiger partial charge in [-0.05, 0) is 35.7 Å². The van der Waals surface area contributed by atoms with Gasteiger partial charge in [-0.15, -0.1) is 0 Å². The Labute approximate surface area is 86.7 Å². The van der Waals surface area contributed by atoms with Crippen molar-refractivity contribution in [1.29, 1.82) is 0 Å². The zero-order chi connectivity index (χ0) is 10.7. The van der Waals surface area contributed by atoms with Gasteiger partial charge >= 0.3 is 0 Å². The smallest absolute Gasteiger partial charge is 0.0844 e. The van der Waals surface area contributed by atoms with Crippen molar-refractivity contribution in [2.24, 2.45) is 22.1 Å². The molecule has 15 heavy (non-hydrogen) atoms. The van der Waals surface area contributed by atoms with E-state index in [0.717, 1.165) is 12.8 Å². The Hall–Kier alpha value is -1.42. The van der Waals surface area contributed by atoms with E-state index in [0.29, 0.717) is 37.1 Å². The molecule has 0 aromatic rings. The summed E-state index contributed by atoms with van der Waals surface area (Å²) >= 11 is 0. The molecule has 0 amide bonds. The van der Waals surface area contributed by atoms with Crippen molar-refractivity contribution < 1.29 is 4.74 Å². The topological polar surface area (TPSA) is 110 Å². The highest BCUT2D eigenvalue weighted by molar-refractivity contribution is 4.97. The highest BCUT2D eigenvalue weighted by atomic mass is 16.6. The maximum atomic E-state index is 8.28. The largest absolute Gasteiger partial charge is 0.370 e. The number of azide groups is 2. The maximum absolute atomic E-state index is 8.28. The molecule has 1 aliphatic heterocycles. The molecule has 80 valence electrons. The SMILES string of the molecule is [N-]=[N+]=NC[C@@H]1CC2OC2C[C@H]1CN=[N+]=[N-]. The number of epoxide rings is 1. The molecule has 1 aliphatic carbocycles. The van der Waals surface area contributed by atoms with Crippen LogP contribution in [0.3, 0.4) is 0 Å². The Morgan fingerprint density at radius 1 is 1.00 bits per heavy atom. The van der Waals surface area contributed by atoms with E-state index >= 15 is 0 Å². The number of hydrogen-bond acceptors (Lipinski definition) is 3. The second-order valence-electron chi connectivity index (χ2n) is 4.03. The van der Waals surface area contributed by atoms with E-state index in [1.807, 2.05) is 0 Å². The molecule has 2 unspecified atom stereocenters. The highest BCUT2D eigenvalue weighted by Gasteiger charge is 2.47. The van der Waals surface area contributed by atoms with Gasteiger partial charge in [-0.1, -0.05) is 10.2 Å². The molecular formula is C8H12N6O. The fraction of sp³-hybridized carbons (Fsp3) is 1.00. The zero-order valence-corrected chi connectivity index (χ0v) is 8.23. The molecule has 0 radical (unpaired) electrons. The quantitative estimate of drug-likeness (QED) is 0.300. The van der Waals surface area contributed by atoms with Gasteiger partial charge in [0.25, 0.3) is 0 Å². The Morgan fingerprint density at radius 3 is 1.87 bits per heavy atom. The second kappa shape index (κ2) is 4.40. The Kier molecular flexibility index (Phi) is 2.97. The first-order valence-electron chi connectivity index (χ1n) is 5.02. The summed E-state index contributed by atoms with van der Waals surface area (Å²) in [5.74, 6) is 0.602. The van der Waals surface area contributed by atoms with Gasteiger partial charge in [0, 0.05) is 22.9 Å². The Morgan fingerprint density at radius 2 is 1.47 bits per heavy atom. The molecule has 1 saturated carbocycles. The first kappa shape index (κ1) is 10.1. The highest BCUT2D eigenvalue weighted by Crippen LogP contribution is 2.43. The first-order chi connectivity index (χ1) is 7.35. The minimum absolute atomic E-state index is 0.301. The zero-order valence-electron chi connectivity index (χ0n) is 8.23. The summed E-state index contributed by atoms with van der Waals surface area (Å²) in [4.78, 5) is 5.53. The Bertz CT molecular complexity index is 300. The molecule has 7 nitrogen and oxygen atoms in total. The molecule has 2 rings (SSSR count). The lowest BCUT2D eigenvalue weighted by molar-refractivity contribution is 0.277. The first-order valence-corrected chi connectivity index (χ1v) is 5.02. The summed E-state index contributed by atoms with van der Waals surface area (Å²) in [6, 6.07) is 0. The summed E-state index contributed by atoms with van der Waals surface area (Å²) in [5.41, 5.74) is 16.6. The minimum atomic E-state index is 0.301. The summed E-state index contributed by atoms with van der Waals surface area (Å²) in [6.07, 6.45) is 2.56. The van der Waals surface area contributed by atoms with E-state index in [1.165, 1.54) is 0 Å². The molecule has 1 heterocycles. The lowest BCUT2D eigenvalue weighted by atomic mass is 9.79. The van der Waals surface area contributed by atoms with Gasteiger partial charge in [0.15, 0.2) is 0 Å². The number of rotatable bonds is 4. The van der Waals surface area contributed by atoms with Crippen LogP contribution in [0.5, 0.6) is 0 Å². The normalized spacial score (nSPS) is 37.1. The summed E-state index contributed by atoms with van der Waals surface area (Å²) in [6.45, 7) is 0.962. The molecule has 0 bridgehead atoms. The summed E-state index contributed by atoms with van der Waals surface area (Å²) < 4.78 is 5.43. The van der Waals surface area contributed by atoms with Crippen molar-refractivity contribution in [3.05, 3.63) is 20.9 Å². The van der Waals surface area contributed by atoms with Gasteiger partial charge in [0.05, 0.1) is 12.2 Å². The lowest BCUT2D eigenvalue weighted by Crippen LogP contribution is -2.28. The van der Waals surface area contributed by atoms with Crippen molar-refractivity contribution in [1.82, 2.24) is 0 Å². The molecular weight excluding hydrogens is 196 g/mol. The van der Waals surface area contributed by atoms with Crippen molar-refractivity contribution in [3.8, 4) is 0 Å². The van der Waals surface area contributed by atoms with E-state index in [-0.39, 0.29) is 0 Å². The van der Waals surface area contributed by atoms with Crippen LogP contribution in [0.25, 0.3) is 20.9 Å². The lowest BCUT2D eigenvalue weighted by Gasteiger charge is -2.26. The van der Waals surface area contributed by atoms with E-state index in [4.69, 9.17) is 15.8 Å². The molecule has 4 atom stereocenters. The van der Waals surface area contributed by atoms with Gasteiger partial charge in [-0.2, -0.15) is 0 Å². The van der Waals surface area contributed by atoms with Crippen LogP contribution in [0.4, 0.5) is 0 Å².